The number of aromatic nitrogens is 2. The highest BCUT2D eigenvalue weighted by Crippen LogP contribution is 2.34. The van der Waals surface area contributed by atoms with Gasteiger partial charge in [0.1, 0.15) is 11.6 Å². The van der Waals surface area contributed by atoms with Gasteiger partial charge >= 0.3 is 0 Å². The molecule has 0 unspecified atom stereocenters. The Bertz CT molecular complexity index is 1100. The van der Waals surface area contributed by atoms with Crippen LogP contribution >= 0.6 is 0 Å². The summed E-state index contributed by atoms with van der Waals surface area (Å²) in [6.45, 7) is 0.123. The van der Waals surface area contributed by atoms with Gasteiger partial charge in [0.2, 0.25) is 17.6 Å². The van der Waals surface area contributed by atoms with Gasteiger partial charge in [-0.15, -0.1) is 0 Å². The Morgan fingerprint density at radius 3 is 2.65 bits per heavy atom. The van der Waals surface area contributed by atoms with Crippen molar-refractivity contribution in [3.05, 3.63) is 60.2 Å². The fourth-order valence-electron chi connectivity index (χ4n) is 3.31. The van der Waals surface area contributed by atoms with Crippen LogP contribution in [0.2, 0.25) is 0 Å². The van der Waals surface area contributed by atoms with E-state index >= 15 is 0 Å². The highest BCUT2D eigenvalue weighted by Gasteiger charge is 2.34. The van der Waals surface area contributed by atoms with Crippen molar-refractivity contribution in [3.8, 4) is 17.1 Å². The standard InChI is InChI=1S/C22H21FN4O4/c1-26(2)22(29)18-13-27(16-5-3-4-6-17(16)30-18)20(28)12-11-19-24-21(25-31-19)14-7-9-15(23)10-8-14/h3-10,18H,11-13H2,1-2H3/t18-/m0/s1. The van der Waals surface area contributed by atoms with E-state index in [1.807, 2.05) is 6.07 Å². The van der Waals surface area contributed by atoms with Crippen molar-refractivity contribution in [2.75, 3.05) is 25.5 Å². The molecule has 9 heteroatoms. The SMILES string of the molecule is CN(C)C(=O)[C@@H]1CN(C(=O)CCc2nc(-c3ccc(F)cc3)no2)c2ccccc2O1. The van der Waals surface area contributed by atoms with Crippen molar-refractivity contribution < 1.29 is 23.2 Å². The molecule has 1 aromatic heterocycles. The molecule has 4 rings (SSSR count). The monoisotopic (exact) mass is 424 g/mol. The number of hydrogen-bond donors (Lipinski definition) is 0. The highest BCUT2D eigenvalue weighted by atomic mass is 19.1. The fraction of sp³-hybridized carbons (Fsp3) is 0.273. The molecule has 8 nitrogen and oxygen atoms in total. The molecular weight excluding hydrogens is 403 g/mol. The first-order chi connectivity index (χ1) is 14.9. The van der Waals surface area contributed by atoms with Crippen LogP contribution in [0, 0.1) is 5.82 Å². The van der Waals surface area contributed by atoms with Crippen LogP contribution in [0.15, 0.2) is 53.1 Å². The Balaban J connectivity index is 1.46. The first-order valence-corrected chi connectivity index (χ1v) is 9.78. The van der Waals surface area contributed by atoms with Gasteiger partial charge < -0.3 is 19.1 Å². The third kappa shape index (κ3) is 4.40. The number of rotatable bonds is 5. The van der Waals surface area contributed by atoms with Crippen LogP contribution in [-0.4, -0.2) is 53.6 Å². The maximum absolute atomic E-state index is 13.1. The van der Waals surface area contributed by atoms with Crippen LogP contribution < -0.4 is 9.64 Å². The van der Waals surface area contributed by atoms with Gasteiger partial charge in [0.25, 0.3) is 5.91 Å². The molecule has 0 saturated carbocycles. The number of fused-ring (bicyclic) bond motifs is 1. The molecule has 1 atom stereocenters. The first-order valence-electron chi connectivity index (χ1n) is 9.78. The van der Waals surface area contributed by atoms with Gasteiger partial charge in [-0.1, -0.05) is 17.3 Å². The van der Waals surface area contributed by atoms with E-state index in [1.54, 1.807) is 49.3 Å². The van der Waals surface area contributed by atoms with Crippen LogP contribution in [0.1, 0.15) is 12.3 Å². The quantitative estimate of drug-likeness (QED) is 0.626. The van der Waals surface area contributed by atoms with E-state index < -0.39 is 6.10 Å². The van der Waals surface area contributed by atoms with Gasteiger partial charge in [-0.25, -0.2) is 4.39 Å². The van der Waals surface area contributed by atoms with Crippen molar-refractivity contribution in [1.82, 2.24) is 15.0 Å². The van der Waals surface area contributed by atoms with Crippen LogP contribution in [0.25, 0.3) is 11.4 Å². The van der Waals surface area contributed by atoms with Crippen LogP contribution in [0.3, 0.4) is 0 Å². The summed E-state index contributed by atoms with van der Waals surface area (Å²) in [7, 11) is 3.29. The number of para-hydroxylation sites is 2. The predicted molar refractivity (Wildman–Crippen MR) is 110 cm³/mol. The van der Waals surface area contributed by atoms with Gasteiger partial charge in [0, 0.05) is 32.5 Å². The second kappa shape index (κ2) is 8.55. The lowest BCUT2D eigenvalue weighted by molar-refractivity contribution is -0.136. The summed E-state index contributed by atoms with van der Waals surface area (Å²) in [6, 6.07) is 12.9. The molecular formula is C22H21FN4O4. The number of halogens is 1. The molecule has 0 saturated heterocycles. The molecule has 31 heavy (non-hydrogen) atoms. The fourth-order valence-corrected chi connectivity index (χ4v) is 3.31. The number of benzene rings is 2. The molecule has 0 fully saturated rings. The summed E-state index contributed by atoms with van der Waals surface area (Å²) in [4.78, 5) is 32.7. The number of hydrogen-bond acceptors (Lipinski definition) is 6. The molecule has 0 radical (unpaired) electrons. The van der Waals surface area contributed by atoms with Crippen LogP contribution in [0.5, 0.6) is 5.75 Å². The Hall–Kier alpha value is -3.75. The number of amides is 2. The summed E-state index contributed by atoms with van der Waals surface area (Å²) >= 11 is 0. The third-order valence-electron chi connectivity index (χ3n) is 4.91. The smallest absolute Gasteiger partial charge is 0.265 e. The van der Waals surface area contributed by atoms with E-state index in [9.17, 15) is 14.0 Å². The second-order valence-electron chi connectivity index (χ2n) is 7.33. The number of likely N-dealkylation sites (N-methyl/N-ethyl adjacent to an activating group) is 1. The molecule has 2 heterocycles. The zero-order valence-corrected chi connectivity index (χ0v) is 17.1. The predicted octanol–water partition coefficient (Wildman–Crippen LogP) is 2.69. The van der Waals surface area contributed by atoms with E-state index in [-0.39, 0.29) is 37.0 Å². The molecule has 1 aliphatic heterocycles. The Morgan fingerprint density at radius 2 is 1.90 bits per heavy atom. The minimum absolute atomic E-state index is 0.113. The molecule has 2 aromatic carbocycles. The van der Waals surface area contributed by atoms with E-state index in [0.717, 1.165) is 0 Å². The number of nitrogens with zero attached hydrogens (tertiary/aromatic N) is 4. The van der Waals surface area contributed by atoms with E-state index in [2.05, 4.69) is 10.1 Å². The maximum atomic E-state index is 13.1. The van der Waals surface area contributed by atoms with Crippen molar-refractivity contribution in [2.24, 2.45) is 0 Å². The molecule has 0 bridgehead atoms. The molecule has 0 aliphatic carbocycles. The zero-order chi connectivity index (χ0) is 22.0. The van der Waals surface area contributed by atoms with Crippen molar-refractivity contribution >= 4 is 17.5 Å². The van der Waals surface area contributed by atoms with E-state index in [4.69, 9.17) is 9.26 Å². The van der Waals surface area contributed by atoms with Crippen molar-refractivity contribution in [2.45, 2.75) is 18.9 Å². The molecule has 0 spiro atoms. The minimum atomic E-state index is -0.776. The number of aryl methyl sites for hydroxylation is 1. The van der Waals surface area contributed by atoms with Gasteiger partial charge in [0.05, 0.1) is 12.2 Å². The molecule has 3 aromatic rings. The summed E-state index contributed by atoms with van der Waals surface area (Å²) in [5, 5.41) is 3.89. The molecule has 160 valence electrons. The number of ether oxygens (including phenoxy) is 1. The minimum Gasteiger partial charge on any atom is -0.476 e. The Morgan fingerprint density at radius 1 is 1.16 bits per heavy atom. The van der Waals surface area contributed by atoms with Gasteiger partial charge in [0.15, 0.2) is 6.10 Å². The number of carbonyl (C=O) groups excluding carboxylic acids is 2. The van der Waals surface area contributed by atoms with Gasteiger partial charge in [-0.05, 0) is 36.4 Å². The van der Waals surface area contributed by atoms with Crippen LogP contribution in [0.4, 0.5) is 10.1 Å². The summed E-state index contributed by atoms with van der Waals surface area (Å²) in [5.41, 5.74) is 1.24. The maximum Gasteiger partial charge on any atom is 0.265 e. The van der Waals surface area contributed by atoms with E-state index in [0.29, 0.717) is 28.7 Å². The Kier molecular flexibility index (Phi) is 5.66. The zero-order valence-electron chi connectivity index (χ0n) is 17.1. The normalized spacial score (nSPS) is 15.2. The lowest BCUT2D eigenvalue weighted by Crippen LogP contribution is -2.50. The molecule has 1 aliphatic rings. The molecule has 0 N–H and O–H groups in total. The summed E-state index contributed by atoms with van der Waals surface area (Å²) in [6.07, 6.45) is -0.427. The number of carbonyl (C=O) groups is 2. The van der Waals surface area contributed by atoms with Crippen molar-refractivity contribution in [1.29, 1.82) is 0 Å². The van der Waals surface area contributed by atoms with Gasteiger partial charge in [-0.2, -0.15) is 4.98 Å². The average Bonchev–Trinajstić information content (AvgIpc) is 3.25. The van der Waals surface area contributed by atoms with Crippen LogP contribution in [-0.2, 0) is 16.0 Å². The Labute approximate surface area is 178 Å². The lowest BCUT2D eigenvalue weighted by atomic mass is 10.1. The second-order valence-corrected chi connectivity index (χ2v) is 7.33. The average molecular weight is 424 g/mol. The van der Waals surface area contributed by atoms with E-state index in [1.165, 1.54) is 17.0 Å². The highest BCUT2D eigenvalue weighted by molar-refractivity contribution is 5.97. The first kappa shape index (κ1) is 20.5. The summed E-state index contributed by atoms with van der Waals surface area (Å²) < 4.78 is 24.1. The van der Waals surface area contributed by atoms with Crippen molar-refractivity contribution in [3.63, 3.8) is 0 Å². The molecule has 2 amide bonds. The lowest BCUT2D eigenvalue weighted by Gasteiger charge is -2.35. The van der Waals surface area contributed by atoms with Gasteiger partial charge in [-0.3, -0.25) is 9.59 Å². The third-order valence-corrected chi connectivity index (χ3v) is 4.91. The number of anilines is 1. The largest absolute Gasteiger partial charge is 0.476 e. The summed E-state index contributed by atoms with van der Waals surface area (Å²) in [5.74, 6) is 0.363. The topological polar surface area (TPSA) is 88.8 Å².